The lowest BCUT2D eigenvalue weighted by Crippen LogP contribution is -2.10. The SMILES string of the molecule is CCCCOC(=O)OCCc1ccccc1. The highest BCUT2D eigenvalue weighted by Gasteiger charge is 2.02. The molecule has 0 spiro atoms. The van der Waals surface area contributed by atoms with Crippen LogP contribution >= 0.6 is 0 Å². The molecule has 3 heteroatoms. The number of carbonyl (C=O) groups is 1. The molecule has 0 atom stereocenters. The molecule has 0 aliphatic heterocycles. The van der Waals surface area contributed by atoms with Crippen LogP contribution in [0.3, 0.4) is 0 Å². The Morgan fingerprint density at radius 3 is 2.50 bits per heavy atom. The van der Waals surface area contributed by atoms with Crippen molar-refractivity contribution in [2.75, 3.05) is 13.2 Å². The van der Waals surface area contributed by atoms with Crippen LogP contribution in [-0.2, 0) is 15.9 Å². The van der Waals surface area contributed by atoms with Crippen LogP contribution in [0, 0.1) is 0 Å². The van der Waals surface area contributed by atoms with E-state index in [4.69, 9.17) is 9.47 Å². The molecular weight excluding hydrogens is 204 g/mol. The fraction of sp³-hybridized carbons (Fsp3) is 0.462. The average Bonchev–Trinajstić information content (AvgIpc) is 2.31. The van der Waals surface area contributed by atoms with Crippen LogP contribution in [0.15, 0.2) is 30.3 Å². The van der Waals surface area contributed by atoms with E-state index in [1.165, 1.54) is 0 Å². The first-order chi connectivity index (χ1) is 7.83. The Bertz CT molecular complexity index is 295. The van der Waals surface area contributed by atoms with Crippen molar-refractivity contribution in [3.8, 4) is 0 Å². The molecule has 0 fully saturated rings. The van der Waals surface area contributed by atoms with Gasteiger partial charge in [0.25, 0.3) is 0 Å². The van der Waals surface area contributed by atoms with Gasteiger partial charge in [-0.1, -0.05) is 43.7 Å². The van der Waals surface area contributed by atoms with Crippen molar-refractivity contribution in [3.05, 3.63) is 35.9 Å². The summed E-state index contributed by atoms with van der Waals surface area (Å²) in [6, 6.07) is 9.91. The maximum Gasteiger partial charge on any atom is 0.508 e. The second-order valence-electron chi connectivity index (χ2n) is 3.54. The van der Waals surface area contributed by atoms with Crippen molar-refractivity contribution >= 4 is 6.16 Å². The molecule has 0 N–H and O–H groups in total. The zero-order valence-electron chi connectivity index (χ0n) is 9.65. The van der Waals surface area contributed by atoms with Gasteiger partial charge in [0.1, 0.15) is 0 Å². The van der Waals surface area contributed by atoms with Gasteiger partial charge in [-0.05, 0) is 12.0 Å². The monoisotopic (exact) mass is 222 g/mol. The normalized spacial score (nSPS) is 9.81. The predicted molar refractivity (Wildman–Crippen MR) is 62.4 cm³/mol. The summed E-state index contributed by atoms with van der Waals surface area (Å²) in [7, 11) is 0. The summed E-state index contributed by atoms with van der Waals surface area (Å²) in [6.45, 7) is 2.86. The van der Waals surface area contributed by atoms with E-state index in [9.17, 15) is 4.79 Å². The van der Waals surface area contributed by atoms with Gasteiger partial charge in [-0.15, -0.1) is 0 Å². The van der Waals surface area contributed by atoms with Crippen LogP contribution in [0.5, 0.6) is 0 Å². The third-order valence-electron chi connectivity index (χ3n) is 2.17. The second kappa shape index (κ2) is 7.74. The highest BCUT2D eigenvalue weighted by molar-refractivity contribution is 5.59. The summed E-state index contributed by atoms with van der Waals surface area (Å²) < 4.78 is 9.79. The van der Waals surface area contributed by atoms with Crippen molar-refractivity contribution in [3.63, 3.8) is 0 Å². The fourth-order valence-electron chi connectivity index (χ4n) is 1.24. The Balaban J connectivity index is 2.09. The second-order valence-corrected chi connectivity index (χ2v) is 3.54. The van der Waals surface area contributed by atoms with Crippen LogP contribution in [0.2, 0.25) is 0 Å². The fourth-order valence-corrected chi connectivity index (χ4v) is 1.24. The molecule has 1 rings (SSSR count). The molecule has 0 bridgehead atoms. The van der Waals surface area contributed by atoms with Gasteiger partial charge < -0.3 is 9.47 Å². The lowest BCUT2D eigenvalue weighted by Gasteiger charge is -2.05. The standard InChI is InChI=1S/C13H18O3/c1-2-3-10-15-13(14)16-11-9-12-7-5-4-6-8-12/h4-8H,2-3,9-11H2,1H3. The molecule has 1 aromatic rings. The largest absolute Gasteiger partial charge is 0.508 e. The van der Waals surface area contributed by atoms with Crippen molar-refractivity contribution in [2.24, 2.45) is 0 Å². The molecule has 88 valence electrons. The Kier molecular flexibility index (Phi) is 6.07. The highest BCUT2D eigenvalue weighted by Crippen LogP contribution is 2.00. The third kappa shape index (κ3) is 5.39. The third-order valence-corrected chi connectivity index (χ3v) is 2.17. The van der Waals surface area contributed by atoms with E-state index < -0.39 is 6.16 Å². The quantitative estimate of drug-likeness (QED) is 0.547. The first-order valence-electron chi connectivity index (χ1n) is 5.66. The van der Waals surface area contributed by atoms with Gasteiger partial charge in [0.15, 0.2) is 0 Å². The Morgan fingerprint density at radius 2 is 1.81 bits per heavy atom. The lowest BCUT2D eigenvalue weighted by atomic mass is 10.2. The van der Waals surface area contributed by atoms with Crippen molar-refractivity contribution in [2.45, 2.75) is 26.2 Å². The van der Waals surface area contributed by atoms with Crippen LogP contribution < -0.4 is 0 Å². The van der Waals surface area contributed by atoms with Crippen LogP contribution in [0.25, 0.3) is 0 Å². The summed E-state index contributed by atoms with van der Waals surface area (Å²) in [4.78, 5) is 11.1. The van der Waals surface area contributed by atoms with Crippen molar-refractivity contribution < 1.29 is 14.3 Å². The molecule has 3 nitrogen and oxygen atoms in total. The van der Waals surface area contributed by atoms with E-state index in [2.05, 4.69) is 0 Å². The number of benzene rings is 1. The molecule has 0 amide bonds. The topological polar surface area (TPSA) is 35.5 Å². The molecule has 0 unspecified atom stereocenters. The van der Waals surface area contributed by atoms with Crippen LogP contribution in [0.4, 0.5) is 4.79 Å². The zero-order chi connectivity index (χ0) is 11.6. The molecule has 1 aromatic carbocycles. The summed E-state index contributed by atoms with van der Waals surface area (Å²) in [5, 5.41) is 0. The Morgan fingerprint density at radius 1 is 1.12 bits per heavy atom. The molecule has 16 heavy (non-hydrogen) atoms. The van der Waals surface area contributed by atoms with E-state index in [0.29, 0.717) is 13.2 Å². The first-order valence-corrected chi connectivity index (χ1v) is 5.66. The van der Waals surface area contributed by atoms with Gasteiger partial charge in [0.2, 0.25) is 0 Å². The number of carbonyl (C=O) groups excluding carboxylic acids is 1. The molecular formula is C13H18O3. The average molecular weight is 222 g/mol. The van der Waals surface area contributed by atoms with Crippen molar-refractivity contribution in [1.29, 1.82) is 0 Å². The minimum atomic E-state index is -0.565. The Hall–Kier alpha value is -1.51. The first kappa shape index (κ1) is 12.6. The van der Waals surface area contributed by atoms with Gasteiger partial charge >= 0.3 is 6.16 Å². The summed E-state index contributed by atoms with van der Waals surface area (Å²) in [6.07, 6.45) is 2.05. The molecule has 0 aromatic heterocycles. The lowest BCUT2D eigenvalue weighted by molar-refractivity contribution is 0.0552. The maximum absolute atomic E-state index is 11.1. The molecule has 0 heterocycles. The molecule has 0 radical (unpaired) electrons. The minimum Gasteiger partial charge on any atom is -0.434 e. The number of hydrogen-bond donors (Lipinski definition) is 0. The summed E-state index contributed by atoms with van der Waals surface area (Å²) >= 11 is 0. The predicted octanol–water partition coefficient (Wildman–Crippen LogP) is 3.18. The van der Waals surface area contributed by atoms with E-state index in [-0.39, 0.29) is 0 Å². The molecule has 0 aliphatic rings. The molecule has 0 saturated heterocycles. The number of ether oxygens (including phenoxy) is 2. The Labute approximate surface area is 96.4 Å². The summed E-state index contributed by atoms with van der Waals surface area (Å²) in [5.41, 5.74) is 1.16. The number of unbranched alkanes of at least 4 members (excludes halogenated alkanes) is 1. The van der Waals surface area contributed by atoms with Crippen molar-refractivity contribution in [1.82, 2.24) is 0 Å². The van der Waals surface area contributed by atoms with Gasteiger partial charge in [-0.2, -0.15) is 0 Å². The van der Waals surface area contributed by atoms with Crippen LogP contribution in [-0.4, -0.2) is 19.4 Å². The zero-order valence-corrected chi connectivity index (χ0v) is 9.65. The molecule has 0 aliphatic carbocycles. The number of hydrogen-bond acceptors (Lipinski definition) is 3. The highest BCUT2D eigenvalue weighted by atomic mass is 16.7. The molecule has 0 saturated carbocycles. The van der Waals surface area contributed by atoms with E-state index in [1.54, 1.807) is 0 Å². The van der Waals surface area contributed by atoms with Gasteiger partial charge in [0, 0.05) is 6.42 Å². The number of rotatable bonds is 6. The van der Waals surface area contributed by atoms with E-state index in [0.717, 1.165) is 24.8 Å². The van der Waals surface area contributed by atoms with Gasteiger partial charge in [0.05, 0.1) is 13.2 Å². The van der Waals surface area contributed by atoms with E-state index >= 15 is 0 Å². The maximum atomic E-state index is 11.1. The smallest absolute Gasteiger partial charge is 0.434 e. The van der Waals surface area contributed by atoms with Gasteiger partial charge in [-0.3, -0.25) is 0 Å². The van der Waals surface area contributed by atoms with Gasteiger partial charge in [-0.25, -0.2) is 4.79 Å². The minimum absolute atomic E-state index is 0.370. The van der Waals surface area contributed by atoms with E-state index in [1.807, 2.05) is 37.3 Å². The summed E-state index contributed by atoms with van der Waals surface area (Å²) in [5.74, 6) is 0. The van der Waals surface area contributed by atoms with Crippen LogP contribution in [0.1, 0.15) is 25.3 Å².